The number of methoxy groups -OCH3 is 1. The number of pyridine rings is 1. The highest BCUT2D eigenvalue weighted by Crippen LogP contribution is 2.26. The highest BCUT2D eigenvalue weighted by atomic mass is 16.5. The van der Waals surface area contributed by atoms with E-state index in [1.807, 2.05) is 72.2 Å². The molecule has 0 aliphatic rings. The smallest absolute Gasteiger partial charge is 0.262 e. The normalized spacial score (nSPS) is 10.7. The molecule has 6 nitrogen and oxygen atoms in total. The van der Waals surface area contributed by atoms with Gasteiger partial charge in [-0.15, -0.1) is 0 Å². The zero-order valence-corrected chi connectivity index (χ0v) is 16.3. The Labute approximate surface area is 168 Å². The summed E-state index contributed by atoms with van der Waals surface area (Å²) in [5.41, 5.74) is 4.50. The third kappa shape index (κ3) is 4.21. The first-order valence-corrected chi connectivity index (χ1v) is 9.24. The Hall–Kier alpha value is -3.80. The van der Waals surface area contributed by atoms with Gasteiger partial charge in [-0.2, -0.15) is 0 Å². The number of aromatic nitrogens is 2. The fraction of sp³-hybridized carbons (Fsp3) is 0.130. The largest absolute Gasteiger partial charge is 0.493 e. The third-order valence-corrected chi connectivity index (χ3v) is 4.47. The van der Waals surface area contributed by atoms with Crippen LogP contribution in [-0.2, 0) is 4.79 Å². The van der Waals surface area contributed by atoms with E-state index in [-0.39, 0.29) is 12.5 Å². The van der Waals surface area contributed by atoms with Crippen molar-refractivity contribution in [2.24, 2.45) is 0 Å². The minimum Gasteiger partial charge on any atom is -0.493 e. The highest BCUT2D eigenvalue weighted by molar-refractivity contribution is 5.92. The maximum Gasteiger partial charge on any atom is 0.262 e. The lowest BCUT2D eigenvalue weighted by molar-refractivity contribution is -0.118. The van der Waals surface area contributed by atoms with Gasteiger partial charge in [0.05, 0.1) is 12.8 Å². The molecule has 0 unspecified atom stereocenters. The van der Waals surface area contributed by atoms with E-state index < -0.39 is 0 Å². The van der Waals surface area contributed by atoms with Crippen molar-refractivity contribution in [3.05, 3.63) is 78.6 Å². The topological polar surface area (TPSA) is 64.9 Å². The predicted octanol–water partition coefficient (Wildman–Crippen LogP) is 4.34. The van der Waals surface area contributed by atoms with Crippen molar-refractivity contribution < 1.29 is 14.3 Å². The summed E-state index contributed by atoms with van der Waals surface area (Å²) in [6.45, 7) is 1.93. The van der Waals surface area contributed by atoms with Gasteiger partial charge in [0.2, 0.25) is 0 Å². The fourth-order valence-corrected chi connectivity index (χ4v) is 3.08. The average Bonchev–Trinajstić information content (AvgIpc) is 3.16. The van der Waals surface area contributed by atoms with E-state index in [2.05, 4.69) is 10.3 Å². The van der Waals surface area contributed by atoms with Gasteiger partial charge in [0.25, 0.3) is 5.91 Å². The van der Waals surface area contributed by atoms with Gasteiger partial charge in [-0.1, -0.05) is 30.3 Å². The van der Waals surface area contributed by atoms with Gasteiger partial charge in [0.15, 0.2) is 18.1 Å². The fourth-order valence-electron chi connectivity index (χ4n) is 3.08. The molecule has 4 rings (SSSR count). The zero-order valence-electron chi connectivity index (χ0n) is 16.3. The van der Waals surface area contributed by atoms with E-state index in [9.17, 15) is 4.79 Å². The van der Waals surface area contributed by atoms with Crippen molar-refractivity contribution in [1.29, 1.82) is 0 Å². The number of amides is 1. The lowest BCUT2D eigenvalue weighted by Crippen LogP contribution is -2.20. The second-order valence-electron chi connectivity index (χ2n) is 6.67. The number of benzene rings is 2. The minimum atomic E-state index is -0.251. The molecular weight excluding hydrogens is 366 g/mol. The molecule has 2 aromatic heterocycles. The molecule has 0 atom stereocenters. The van der Waals surface area contributed by atoms with Crippen LogP contribution >= 0.6 is 0 Å². The van der Waals surface area contributed by atoms with Gasteiger partial charge in [-0.25, -0.2) is 4.98 Å². The molecule has 0 aliphatic heterocycles. The number of imidazole rings is 1. The van der Waals surface area contributed by atoms with E-state index in [0.717, 1.165) is 22.5 Å². The first-order valence-electron chi connectivity index (χ1n) is 9.24. The van der Waals surface area contributed by atoms with E-state index >= 15 is 0 Å². The standard InChI is InChI=1S/C23H21N3O3/c1-16-10-11-22-25-19(14-26(22)13-16)17-6-5-7-18(12-17)24-23(27)15-29-21-9-4-3-8-20(21)28-2/h3-14H,15H2,1-2H3,(H,24,27). The summed E-state index contributed by atoms with van der Waals surface area (Å²) in [6, 6.07) is 18.8. The lowest BCUT2D eigenvalue weighted by Gasteiger charge is -2.11. The number of aryl methyl sites for hydroxylation is 1. The maximum atomic E-state index is 12.3. The summed E-state index contributed by atoms with van der Waals surface area (Å²) in [5.74, 6) is 0.863. The predicted molar refractivity (Wildman–Crippen MR) is 112 cm³/mol. The number of nitrogens with one attached hydrogen (secondary N) is 1. The molecular formula is C23H21N3O3. The molecule has 2 aromatic carbocycles. The van der Waals surface area contributed by atoms with E-state index in [0.29, 0.717) is 17.2 Å². The van der Waals surface area contributed by atoms with Crippen molar-refractivity contribution in [3.63, 3.8) is 0 Å². The third-order valence-electron chi connectivity index (χ3n) is 4.47. The molecule has 6 heteroatoms. The summed E-state index contributed by atoms with van der Waals surface area (Å²) in [5, 5.41) is 2.86. The van der Waals surface area contributed by atoms with Crippen LogP contribution in [0.25, 0.3) is 16.9 Å². The molecule has 0 saturated heterocycles. The molecule has 0 radical (unpaired) electrons. The van der Waals surface area contributed by atoms with Gasteiger partial charge in [0, 0.05) is 23.6 Å². The van der Waals surface area contributed by atoms with Crippen LogP contribution in [0, 0.1) is 6.92 Å². The Bertz CT molecular complexity index is 1170. The number of carbonyl (C=O) groups excluding carboxylic acids is 1. The zero-order chi connectivity index (χ0) is 20.2. The Morgan fingerprint density at radius 1 is 1.03 bits per heavy atom. The average molecular weight is 387 g/mol. The van der Waals surface area contributed by atoms with Crippen LogP contribution < -0.4 is 14.8 Å². The van der Waals surface area contributed by atoms with Crippen LogP contribution in [-0.4, -0.2) is 29.0 Å². The molecule has 0 aliphatic carbocycles. The molecule has 0 fully saturated rings. The van der Waals surface area contributed by atoms with E-state index in [4.69, 9.17) is 9.47 Å². The number of nitrogens with zero attached hydrogens (tertiary/aromatic N) is 2. The van der Waals surface area contributed by atoms with Crippen molar-refractivity contribution in [1.82, 2.24) is 9.38 Å². The van der Waals surface area contributed by atoms with Gasteiger partial charge in [0.1, 0.15) is 5.65 Å². The lowest BCUT2D eigenvalue weighted by atomic mass is 10.1. The van der Waals surface area contributed by atoms with E-state index in [1.165, 1.54) is 0 Å². The number of rotatable bonds is 6. The van der Waals surface area contributed by atoms with Gasteiger partial charge in [-0.3, -0.25) is 4.79 Å². The quantitative estimate of drug-likeness (QED) is 0.535. The van der Waals surface area contributed by atoms with Crippen LogP contribution in [0.3, 0.4) is 0 Å². The summed E-state index contributed by atoms with van der Waals surface area (Å²) in [7, 11) is 1.56. The van der Waals surface area contributed by atoms with E-state index in [1.54, 1.807) is 19.2 Å². The van der Waals surface area contributed by atoms with Crippen LogP contribution in [0.5, 0.6) is 11.5 Å². The Kier molecular flexibility index (Phi) is 5.16. The van der Waals surface area contributed by atoms with Gasteiger partial charge < -0.3 is 19.2 Å². The molecule has 4 aromatic rings. The minimum absolute atomic E-state index is 0.113. The number of fused-ring (bicyclic) bond motifs is 1. The Morgan fingerprint density at radius 3 is 2.69 bits per heavy atom. The number of hydrogen-bond acceptors (Lipinski definition) is 4. The SMILES string of the molecule is COc1ccccc1OCC(=O)Nc1cccc(-c2cn3cc(C)ccc3n2)c1. The van der Waals surface area contributed by atoms with Crippen molar-refractivity contribution >= 4 is 17.2 Å². The first-order chi connectivity index (χ1) is 14.1. The van der Waals surface area contributed by atoms with Crippen LogP contribution in [0.15, 0.2) is 73.1 Å². The summed E-state index contributed by atoms with van der Waals surface area (Å²) in [6.07, 6.45) is 4.01. The van der Waals surface area contributed by atoms with Crippen molar-refractivity contribution in [2.45, 2.75) is 6.92 Å². The van der Waals surface area contributed by atoms with Crippen molar-refractivity contribution in [2.75, 3.05) is 19.0 Å². The molecule has 29 heavy (non-hydrogen) atoms. The Balaban J connectivity index is 1.46. The molecule has 1 N–H and O–H groups in total. The maximum absolute atomic E-state index is 12.3. The summed E-state index contributed by atoms with van der Waals surface area (Å²) in [4.78, 5) is 17.0. The van der Waals surface area contributed by atoms with Crippen LogP contribution in [0.4, 0.5) is 5.69 Å². The molecule has 2 heterocycles. The summed E-state index contributed by atoms with van der Waals surface area (Å²) >= 11 is 0. The van der Waals surface area contributed by atoms with Crippen molar-refractivity contribution in [3.8, 4) is 22.8 Å². The highest BCUT2D eigenvalue weighted by Gasteiger charge is 2.09. The van der Waals surface area contributed by atoms with Crippen LogP contribution in [0.1, 0.15) is 5.56 Å². The first kappa shape index (κ1) is 18.6. The van der Waals surface area contributed by atoms with Gasteiger partial charge in [-0.05, 0) is 42.8 Å². The molecule has 146 valence electrons. The van der Waals surface area contributed by atoms with Crippen LogP contribution in [0.2, 0.25) is 0 Å². The van der Waals surface area contributed by atoms with Gasteiger partial charge >= 0.3 is 0 Å². The number of carbonyl (C=O) groups is 1. The molecule has 0 saturated carbocycles. The monoisotopic (exact) mass is 387 g/mol. The number of anilines is 1. The molecule has 0 bridgehead atoms. The number of ether oxygens (including phenoxy) is 2. The molecule has 1 amide bonds. The number of hydrogen-bond donors (Lipinski definition) is 1. The second kappa shape index (κ2) is 8.06. The summed E-state index contributed by atoms with van der Waals surface area (Å²) < 4.78 is 12.8. The Morgan fingerprint density at radius 2 is 1.86 bits per heavy atom. The number of para-hydroxylation sites is 2. The molecule has 0 spiro atoms. The second-order valence-corrected chi connectivity index (χ2v) is 6.67.